The minimum Gasteiger partial charge on any atom is -0.481 e. The number of amides is 14. The quantitative estimate of drug-likeness (QED) is 0.0421. The number of unbranched alkanes of at least 4 members (excludes halogenated alkanes) is 8. The highest BCUT2D eigenvalue weighted by molar-refractivity contribution is 6.01. The number of hydrogen-bond donors (Lipinski definition) is 16. The summed E-state index contributed by atoms with van der Waals surface area (Å²) in [5.41, 5.74) is 7.05. The molecule has 14 amide bonds. The van der Waals surface area contributed by atoms with Crippen LogP contribution in [0.3, 0.4) is 0 Å². The van der Waals surface area contributed by atoms with Gasteiger partial charge in [-0.25, -0.2) is 0 Å². The first-order chi connectivity index (χ1) is 47.1. The van der Waals surface area contributed by atoms with Crippen molar-refractivity contribution in [2.75, 3.05) is 39.3 Å². The number of fused-ring (bicyclic) bond motifs is 3. The van der Waals surface area contributed by atoms with Crippen LogP contribution >= 0.6 is 0 Å². The highest BCUT2D eigenvalue weighted by Gasteiger charge is 2.43. The van der Waals surface area contributed by atoms with Crippen molar-refractivity contribution in [2.24, 2.45) is 11.7 Å². The number of carbonyl (C=O) groups is 16. The Labute approximate surface area is 572 Å². The Hall–Kier alpha value is -9.76. The summed E-state index contributed by atoms with van der Waals surface area (Å²) in [4.78, 5) is 224. The molecule has 546 valence electrons. The molecular formula is C65H97N15O19. The number of H-pyrrole nitrogens is 1. The van der Waals surface area contributed by atoms with Crippen LogP contribution in [0.15, 0.2) is 30.5 Å². The molecule has 34 heteroatoms. The highest BCUT2D eigenvalue weighted by Crippen LogP contribution is 2.24. The third-order valence-corrected chi connectivity index (χ3v) is 17.5. The molecule has 0 aliphatic carbocycles. The molecule has 0 spiro atoms. The molecule has 17 N–H and O–H groups in total. The maximum atomic E-state index is 15.2. The number of nitrogens with zero attached hydrogens (tertiary/aromatic N) is 2. The summed E-state index contributed by atoms with van der Waals surface area (Å²) in [5, 5.41) is 56.7. The maximum absolute atomic E-state index is 15.2. The van der Waals surface area contributed by atoms with Gasteiger partial charge in [0.25, 0.3) is 0 Å². The van der Waals surface area contributed by atoms with Crippen LogP contribution in [0.25, 0.3) is 10.9 Å². The van der Waals surface area contributed by atoms with Crippen LogP contribution in [-0.2, 0) is 83.1 Å². The second-order valence-corrected chi connectivity index (χ2v) is 25.3. The van der Waals surface area contributed by atoms with Crippen LogP contribution in [-0.4, -0.2) is 224 Å². The van der Waals surface area contributed by atoms with Gasteiger partial charge in [-0.1, -0.05) is 96.8 Å². The van der Waals surface area contributed by atoms with E-state index in [9.17, 15) is 87.2 Å². The summed E-state index contributed by atoms with van der Waals surface area (Å²) in [6.07, 6.45) is 6.96. The van der Waals surface area contributed by atoms with E-state index in [0.29, 0.717) is 18.4 Å². The topological polar surface area (TPSA) is 514 Å². The number of aliphatic hydroxyl groups excluding tert-OH is 1. The van der Waals surface area contributed by atoms with Crippen molar-refractivity contribution in [3.8, 4) is 0 Å². The highest BCUT2D eigenvalue weighted by atomic mass is 16.4. The molecule has 3 fully saturated rings. The van der Waals surface area contributed by atoms with E-state index < -0.39 is 206 Å². The molecule has 99 heavy (non-hydrogen) atoms. The average molecular weight is 1390 g/mol. The van der Waals surface area contributed by atoms with E-state index in [2.05, 4.69) is 70.4 Å². The van der Waals surface area contributed by atoms with Gasteiger partial charge in [0.05, 0.1) is 45.0 Å². The Morgan fingerprint density at radius 2 is 1.13 bits per heavy atom. The van der Waals surface area contributed by atoms with Gasteiger partial charge in [0.1, 0.15) is 54.4 Å². The number of primary amides is 1. The van der Waals surface area contributed by atoms with Crippen molar-refractivity contribution in [1.29, 1.82) is 0 Å². The number of hydrogen-bond acceptors (Lipinski definition) is 17. The van der Waals surface area contributed by atoms with Crippen molar-refractivity contribution in [3.63, 3.8) is 0 Å². The van der Waals surface area contributed by atoms with Gasteiger partial charge < -0.3 is 94.3 Å². The fourth-order valence-corrected chi connectivity index (χ4v) is 11.9. The molecule has 0 radical (unpaired) electrons. The maximum Gasteiger partial charge on any atom is 0.305 e. The van der Waals surface area contributed by atoms with Crippen molar-refractivity contribution in [2.45, 2.75) is 217 Å². The lowest BCUT2D eigenvalue weighted by Crippen LogP contribution is -2.63. The lowest BCUT2D eigenvalue weighted by Gasteiger charge is -2.37. The number of benzene rings is 1. The second-order valence-electron chi connectivity index (χ2n) is 25.3. The van der Waals surface area contributed by atoms with Crippen LogP contribution in [0.2, 0.25) is 0 Å². The van der Waals surface area contributed by atoms with Crippen LogP contribution in [0.1, 0.15) is 155 Å². The zero-order chi connectivity index (χ0) is 72.9. The van der Waals surface area contributed by atoms with Crippen molar-refractivity contribution in [3.05, 3.63) is 36.0 Å². The summed E-state index contributed by atoms with van der Waals surface area (Å²) in [5.74, 6) is -18.2. The van der Waals surface area contributed by atoms with Gasteiger partial charge in [0, 0.05) is 49.6 Å². The number of nitrogens with two attached hydrogens (primary N) is 1. The SMILES string of the molecule is CCCCCCCCCCCC(=O)N[C@@H](Cc1c[nH]c2ccccc12)C(=O)N[C@@H](CC(N)=O)C(=O)N[C@H]1CNC(=O)[C@@H]2CCCN2C(=O)[C@H]([C@@H](C)CC)NC(=O)[C@H]([C@@H](C)O)NC(=O)CNC(=O)[C@H](CC(=O)O)NC(=O)CNC(=O)[C@H](CC(=O)O)NC(=O)CNC(=O)[C@@H]2CCCCN2C1=O. The number of carbonyl (C=O) groups excluding carboxylic acids is 14. The first-order valence-electron chi connectivity index (χ1n) is 33.9. The summed E-state index contributed by atoms with van der Waals surface area (Å²) in [6.45, 7) is 2.67. The smallest absolute Gasteiger partial charge is 0.305 e. The zero-order valence-corrected chi connectivity index (χ0v) is 56.5. The van der Waals surface area contributed by atoms with E-state index >= 15 is 4.79 Å². The lowest BCUT2D eigenvalue weighted by atomic mass is 9.96. The lowest BCUT2D eigenvalue weighted by molar-refractivity contribution is -0.146. The Morgan fingerprint density at radius 1 is 0.596 bits per heavy atom. The molecule has 2 aromatic rings. The van der Waals surface area contributed by atoms with E-state index in [4.69, 9.17) is 5.73 Å². The average Bonchev–Trinajstić information content (AvgIpc) is 1.40. The Bertz CT molecular complexity index is 3230. The fourth-order valence-electron chi connectivity index (χ4n) is 11.9. The standard InChI is InChI=1S/C65H97N15O19/c1-5-7-8-9-10-11-12-13-14-24-49(83)72-41(27-38-31-67-40-21-16-15-20-39(38)40)59(93)75-42(28-48(66)82)60(94)76-45-32-68-61(95)47-23-19-26-80(47)65(99)55(36(3)6-2)78-63(97)56(37(4)81)77-52(86)35-70-58(92)44(30-54(89)90)73-50(84)33-69-57(91)43(29-53(87)88)74-51(85)34-71-62(96)46-22-17-18-25-79(46)64(45)98/h15-16,20-21,31,36-37,41-47,55-56,67,81H,5-14,17-19,22-30,32-35H2,1-4H3,(H2,66,82)(H,68,95)(H,69,91)(H,70,92)(H,71,96)(H,72,83)(H,73,84)(H,74,85)(H,75,93)(H,76,94)(H,77,86)(H,78,97)(H,87,88)(H,89,90)/t36-,37+,41-,42-,43-,44-,45-,46-,47-,55-,56-/m0/s1. The van der Waals surface area contributed by atoms with Crippen LogP contribution < -0.4 is 64.2 Å². The molecule has 1 aromatic carbocycles. The van der Waals surface area contributed by atoms with E-state index in [1.54, 1.807) is 32.2 Å². The Morgan fingerprint density at radius 3 is 1.71 bits per heavy atom. The first kappa shape index (κ1) is 79.9. The number of aliphatic hydroxyl groups is 1. The molecule has 34 nitrogen and oxygen atoms in total. The molecule has 0 saturated carbocycles. The monoisotopic (exact) mass is 1390 g/mol. The number of piperidine rings is 1. The number of aromatic nitrogens is 1. The number of nitrogens with one attached hydrogen (secondary N) is 12. The third-order valence-electron chi connectivity index (χ3n) is 17.5. The third kappa shape index (κ3) is 25.6. The molecule has 3 aliphatic heterocycles. The molecule has 3 saturated heterocycles. The predicted octanol–water partition coefficient (Wildman–Crippen LogP) is -2.87. The van der Waals surface area contributed by atoms with Crippen LogP contribution in [0.5, 0.6) is 0 Å². The van der Waals surface area contributed by atoms with Gasteiger partial charge in [-0.05, 0) is 63.0 Å². The number of carboxylic acids is 2. The normalized spacial score (nSPS) is 22.9. The first-order valence-corrected chi connectivity index (χ1v) is 33.9. The Kier molecular flexibility index (Phi) is 32.5. The van der Waals surface area contributed by atoms with Crippen LogP contribution in [0.4, 0.5) is 0 Å². The number of para-hydroxylation sites is 1. The number of rotatable bonds is 26. The number of carboxylic acid groups (broad SMARTS) is 2. The molecular weight excluding hydrogens is 1290 g/mol. The van der Waals surface area contributed by atoms with Gasteiger partial charge in [-0.15, -0.1) is 0 Å². The van der Waals surface area contributed by atoms with E-state index in [1.807, 2.05) is 12.1 Å². The molecule has 0 unspecified atom stereocenters. The minimum absolute atomic E-state index is 0.0324. The number of aliphatic carboxylic acids is 2. The van der Waals surface area contributed by atoms with Gasteiger partial charge in [0.2, 0.25) is 82.7 Å². The van der Waals surface area contributed by atoms with Crippen molar-refractivity contribution < 1.29 is 92.0 Å². The molecule has 11 atom stereocenters. The Balaban J connectivity index is 1.49. The van der Waals surface area contributed by atoms with E-state index in [-0.39, 0.29) is 58.0 Å². The van der Waals surface area contributed by atoms with E-state index in [1.165, 1.54) is 11.3 Å². The van der Waals surface area contributed by atoms with Crippen molar-refractivity contribution >= 4 is 106 Å². The van der Waals surface area contributed by atoms with Gasteiger partial charge >= 0.3 is 11.9 Å². The molecule has 3 aliphatic rings. The predicted molar refractivity (Wildman–Crippen MR) is 353 cm³/mol. The minimum atomic E-state index is -1.92. The van der Waals surface area contributed by atoms with Gasteiger partial charge in [0.15, 0.2) is 0 Å². The van der Waals surface area contributed by atoms with Crippen molar-refractivity contribution in [1.82, 2.24) is 73.3 Å². The largest absolute Gasteiger partial charge is 0.481 e. The second kappa shape index (κ2) is 40.2. The summed E-state index contributed by atoms with van der Waals surface area (Å²) in [7, 11) is 0. The van der Waals surface area contributed by atoms with Gasteiger partial charge in [-0.2, -0.15) is 0 Å². The summed E-state index contributed by atoms with van der Waals surface area (Å²) in [6, 6.07) is -7.58. The zero-order valence-electron chi connectivity index (χ0n) is 56.5. The number of aromatic amines is 1. The fraction of sp³-hybridized carbons (Fsp3) is 0.631. The van der Waals surface area contributed by atoms with E-state index in [0.717, 1.165) is 67.7 Å². The van der Waals surface area contributed by atoms with Gasteiger partial charge in [-0.3, -0.25) is 76.7 Å². The molecule has 4 heterocycles. The summed E-state index contributed by atoms with van der Waals surface area (Å²) >= 11 is 0. The molecule has 0 bridgehead atoms. The molecule has 1 aromatic heterocycles. The van der Waals surface area contributed by atoms with Crippen LogP contribution in [0, 0.1) is 5.92 Å². The summed E-state index contributed by atoms with van der Waals surface area (Å²) < 4.78 is 0. The molecule has 5 rings (SSSR count).